The molecule has 2 heterocycles. The van der Waals surface area contributed by atoms with Gasteiger partial charge in [-0.2, -0.15) is 0 Å². The molecule has 0 unspecified atom stereocenters. The molecule has 1 aromatic heterocycles. The van der Waals surface area contributed by atoms with E-state index in [9.17, 15) is 4.79 Å². The molecule has 0 radical (unpaired) electrons. The minimum atomic E-state index is -0.206. The van der Waals surface area contributed by atoms with Crippen LogP contribution in [0.4, 0.5) is 5.69 Å². The quantitative estimate of drug-likeness (QED) is 0.577. The van der Waals surface area contributed by atoms with Crippen LogP contribution in [-0.4, -0.2) is 24.1 Å². The number of ether oxygens (including phenoxy) is 3. The molecule has 1 aliphatic heterocycles. The Hall–Kier alpha value is -2.77. The molecule has 1 amide bonds. The number of hydrogen-bond donors (Lipinski definition) is 1. The molecule has 4 rings (SSSR count). The number of anilines is 1. The van der Waals surface area contributed by atoms with Gasteiger partial charge in [0, 0.05) is 23.9 Å². The lowest BCUT2D eigenvalue weighted by molar-refractivity contribution is -0.115. The fourth-order valence-corrected chi connectivity index (χ4v) is 3.82. The van der Waals surface area contributed by atoms with E-state index >= 15 is 0 Å². The predicted molar refractivity (Wildman–Crippen MR) is 117 cm³/mol. The van der Waals surface area contributed by atoms with Crippen LogP contribution in [0.2, 0.25) is 5.02 Å². The van der Waals surface area contributed by atoms with Crippen molar-refractivity contribution in [2.45, 2.75) is 26.4 Å². The summed E-state index contributed by atoms with van der Waals surface area (Å²) in [6, 6.07) is 11.2. The van der Waals surface area contributed by atoms with Crippen LogP contribution in [0.15, 0.2) is 41.8 Å². The van der Waals surface area contributed by atoms with Crippen molar-refractivity contribution in [2.75, 3.05) is 18.5 Å². The number of nitrogens with one attached hydrogen (secondary N) is 1. The zero-order valence-electron chi connectivity index (χ0n) is 16.4. The van der Waals surface area contributed by atoms with E-state index in [4.69, 9.17) is 25.8 Å². The highest BCUT2D eigenvalue weighted by atomic mass is 35.5. The van der Waals surface area contributed by atoms with Crippen molar-refractivity contribution in [3.05, 3.63) is 63.1 Å². The first kappa shape index (κ1) is 20.5. The van der Waals surface area contributed by atoms with Gasteiger partial charge >= 0.3 is 0 Å². The lowest BCUT2D eigenvalue weighted by Crippen LogP contribution is -2.15. The third-order valence-corrected chi connectivity index (χ3v) is 5.62. The van der Waals surface area contributed by atoms with Gasteiger partial charge in [0.25, 0.3) is 0 Å². The summed E-state index contributed by atoms with van der Waals surface area (Å²) in [6.07, 6.45) is 0.944. The highest BCUT2D eigenvalue weighted by Crippen LogP contribution is 2.37. The van der Waals surface area contributed by atoms with Crippen LogP contribution in [0.25, 0.3) is 0 Å². The van der Waals surface area contributed by atoms with Crippen molar-refractivity contribution < 1.29 is 19.0 Å². The molecule has 0 saturated heterocycles. The lowest BCUT2D eigenvalue weighted by Gasteiger charge is -2.12. The topological polar surface area (TPSA) is 69.7 Å². The first-order valence-corrected chi connectivity index (χ1v) is 10.8. The SMILES string of the molecule is Cc1ccc(OCc2nc(CC(=O)Nc3cc4c(cc3Cl)OCCCO4)cs2)cc1. The molecular formula is C22H21ClN2O4S. The van der Waals surface area contributed by atoms with Crippen LogP contribution in [0.5, 0.6) is 17.2 Å². The van der Waals surface area contributed by atoms with E-state index in [0.29, 0.717) is 47.7 Å². The molecular weight excluding hydrogens is 424 g/mol. The molecule has 8 heteroatoms. The molecule has 1 aliphatic rings. The average Bonchev–Trinajstić information content (AvgIpc) is 3.04. The van der Waals surface area contributed by atoms with E-state index in [1.165, 1.54) is 16.9 Å². The van der Waals surface area contributed by atoms with Crippen molar-refractivity contribution >= 4 is 34.5 Å². The molecule has 0 spiro atoms. The molecule has 1 N–H and O–H groups in total. The van der Waals surface area contributed by atoms with Crippen molar-refractivity contribution in [2.24, 2.45) is 0 Å². The van der Waals surface area contributed by atoms with E-state index in [1.807, 2.05) is 36.6 Å². The fraction of sp³-hybridized carbons (Fsp3) is 0.273. The average molecular weight is 445 g/mol. The van der Waals surface area contributed by atoms with Gasteiger partial charge in [-0.25, -0.2) is 4.98 Å². The summed E-state index contributed by atoms with van der Waals surface area (Å²) in [4.78, 5) is 17.0. The monoisotopic (exact) mass is 444 g/mol. The summed E-state index contributed by atoms with van der Waals surface area (Å²) in [5.41, 5.74) is 2.35. The van der Waals surface area contributed by atoms with Crippen LogP contribution in [-0.2, 0) is 17.8 Å². The Bertz CT molecular complexity index is 1040. The number of halogens is 1. The second-order valence-electron chi connectivity index (χ2n) is 6.89. The van der Waals surface area contributed by atoms with Crippen molar-refractivity contribution in [3.63, 3.8) is 0 Å². The Labute approximate surface area is 183 Å². The normalized spacial score (nSPS) is 12.9. The van der Waals surface area contributed by atoms with Gasteiger partial charge in [-0.3, -0.25) is 4.79 Å². The van der Waals surface area contributed by atoms with Gasteiger partial charge < -0.3 is 19.5 Å². The first-order valence-electron chi connectivity index (χ1n) is 9.58. The number of carbonyl (C=O) groups is 1. The summed E-state index contributed by atoms with van der Waals surface area (Å²) < 4.78 is 17.0. The Morgan fingerprint density at radius 2 is 1.93 bits per heavy atom. The molecule has 156 valence electrons. The molecule has 0 fully saturated rings. The molecule has 6 nitrogen and oxygen atoms in total. The van der Waals surface area contributed by atoms with E-state index in [1.54, 1.807) is 12.1 Å². The Morgan fingerprint density at radius 3 is 2.70 bits per heavy atom. The minimum absolute atomic E-state index is 0.145. The maximum atomic E-state index is 12.5. The number of amides is 1. The van der Waals surface area contributed by atoms with E-state index in [2.05, 4.69) is 10.3 Å². The van der Waals surface area contributed by atoms with Crippen LogP contribution in [0.3, 0.4) is 0 Å². The molecule has 3 aromatic rings. The first-order chi connectivity index (χ1) is 14.6. The van der Waals surface area contributed by atoms with Gasteiger partial charge in [0.05, 0.1) is 36.0 Å². The van der Waals surface area contributed by atoms with Gasteiger partial charge in [-0.1, -0.05) is 29.3 Å². The zero-order valence-corrected chi connectivity index (χ0v) is 18.0. The number of fused-ring (bicyclic) bond motifs is 1. The Kier molecular flexibility index (Phi) is 6.40. The highest BCUT2D eigenvalue weighted by Gasteiger charge is 2.16. The van der Waals surface area contributed by atoms with Crippen LogP contribution in [0, 0.1) is 6.92 Å². The number of carbonyl (C=O) groups excluding carboxylic acids is 1. The fourth-order valence-electron chi connectivity index (χ4n) is 2.91. The number of aryl methyl sites for hydroxylation is 1. The third kappa shape index (κ3) is 5.23. The second kappa shape index (κ2) is 9.36. The predicted octanol–water partition coefficient (Wildman–Crippen LogP) is 5.03. The summed E-state index contributed by atoms with van der Waals surface area (Å²) in [5.74, 6) is 1.76. The molecule has 30 heavy (non-hydrogen) atoms. The van der Waals surface area contributed by atoms with Crippen molar-refractivity contribution in [1.29, 1.82) is 0 Å². The van der Waals surface area contributed by atoms with Crippen LogP contribution < -0.4 is 19.5 Å². The van der Waals surface area contributed by atoms with Gasteiger partial charge in [-0.05, 0) is 19.1 Å². The van der Waals surface area contributed by atoms with Gasteiger partial charge in [-0.15, -0.1) is 11.3 Å². The zero-order chi connectivity index (χ0) is 20.9. The molecule has 0 atom stereocenters. The lowest BCUT2D eigenvalue weighted by atomic mass is 10.2. The maximum absolute atomic E-state index is 12.5. The van der Waals surface area contributed by atoms with Crippen LogP contribution >= 0.6 is 22.9 Å². The molecule has 2 aromatic carbocycles. The molecule has 0 aliphatic carbocycles. The Balaban J connectivity index is 1.34. The number of benzene rings is 2. The summed E-state index contributed by atoms with van der Waals surface area (Å²) >= 11 is 7.76. The van der Waals surface area contributed by atoms with Crippen molar-refractivity contribution in [3.8, 4) is 17.2 Å². The van der Waals surface area contributed by atoms with E-state index in [0.717, 1.165) is 17.2 Å². The number of rotatable bonds is 6. The third-order valence-electron chi connectivity index (χ3n) is 4.44. The second-order valence-corrected chi connectivity index (χ2v) is 8.24. The van der Waals surface area contributed by atoms with Gasteiger partial charge in [0.1, 0.15) is 17.4 Å². The smallest absolute Gasteiger partial charge is 0.230 e. The van der Waals surface area contributed by atoms with Crippen molar-refractivity contribution in [1.82, 2.24) is 4.98 Å². The highest BCUT2D eigenvalue weighted by molar-refractivity contribution is 7.09. The number of hydrogen-bond acceptors (Lipinski definition) is 6. The van der Waals surface area contributed by atoms with Gasteiger partial charge in [0.2, 0.25) is 5.91 Å². The number of aromatic nitrogens is 1. The summed E-state index contributed by atoms with van der Waals surface area (Å²) in [7, 11) is 0. The molecule has 0 saturated carbocycles. The minimum Gasteiger partial charge on any atom is -0.490 e. The summed E-state index contributed by atoms with van der Waals surface area (Å²) in [5, 5.41) is 5.91. The largest absolute Gasteiger partial charge is 0.490 e. The van der Waals surface area contributed by atoms with E-state index in [-0.39, 0.29) is 12.3 Å². The van der Waals surface area contributed by atoms with E-state index < -0.39 is 0 Å². The number of thiazole rings is 1. The van der Waals surface area contributed by atoms with Crippen LogP contribution in [0.1, 0.15) is 22.7 Å². The number of nitrogens with zero attached hydrogens (tertiary/aromatic N) is 1. The summed E-state index contributed by atoms with van der Waals surface area (Å²) in [6.45, 7) is 3.54. The maximum Gasteiger partial charge on any atom is 0.230 e. The Morgan fingerprint density at radius 1 is 1.20 bits per heavy atom. The van der Waals surface area contributed by atoms with Gasteiger partial charge in [0.15, 0.2) is 11.5 Å². The standard InChI is InChI=1S/C22H21ClN2O4S/c1-14-3-5-16(6-4-14)29-12-22-24-15(13-30-22)9-21(26)25-18-11-20-19(10-17(18)23)27-7-2-8-28-20/h3-6,10-11,13H,2,7-9,12H2,1H3,(H,25,26). The molecule has 0 bridgehead atoms.